The zero-order chi connectivity index (χ0) is 13.5. The van der Waals surface area contributed by atoms with E-state index in [1.54, 1.807) is 31.2 Å². The summed E-state index contributed by atoms with van der Waals surface area (Å²) in [4.78, 5) is 11.7. The van der Waals surface area contributed by atoms with Crippen LogP contribution in [0.15, 0.2) is 24.3 Å². The molecule has 1 atom stereocenters. The maximum Gasteiger partial charge on any atom is 0.260 e. The number of anilines is 1. The SMILES string of the molecule is CC(C)CCNC(=O)C(C)Oc1ccc(N)cc1. The molecule has 0 spiro atoms. The second kappa shape index (κ2) is 6.89. The van der Waals surface area contributed by atoms with Gasteiger partial charge < -0.3 is 15.8 Å². The third-order valence-corrected chi connectivity index (χ3v) is 2.58. The molecule has 0 radical (unpaired) electrons. The summed E-state index contributed by atoms with van der Waals surface area (Å²) in [6.07, 6.45) is 0.473. The van der Waals surface area contributed by atoms with Crippen molar-refractivity contribution in [3.05, 3.63) is 24.3 Å². The molecule has 0 fully saturated rings. The summed E-state index contributed by atoms with van der Waals surface area (Å²) in [5.74, 6) is 1.14. The topological polar surface area (TPSA) is 64.3 Å². The predicted molar refractivity (Wildman–Crippen MR) is 73.4 cm³/mol. The lowest BCUT2D eigenvalue weighted by Crippen LogP contribution is -2.37. The average molecular weight is 250 g/mol. The summed E-state index contributed by atoms with van der Waals surface area (Å²) in [7, 11) is 0. The minimum Gasteiger partial charge on any atom is -0.481 e. The number of carbonyl (C=O) groups excluding carboxylic acids is 1. The van der Waals surface area contributed by atoms with Crippen LogP contribution in [0.2, 0.25) is 0 Å². The van der Waals surface area contributed by atoms with Gasteiger partial charge in [-0.2, -0.15) is 0 Å². The van der Waals surface area contributed by atoms with E-state index in [0.717, 1.165) is 6.42 Å². The average Bonchev–Trinajstić information content (AvgIpc) is 2.31. The highest BCUT2D eigenvalue weighted by Gasteiger charge is 2.13. The van der Waals surface area contributed by atoms with Gasteiger partial charge in [0.05, 0.1) is 0 Å². The Morgan fingerprint density at radius 3 is 2.44 bits per heavy atom. The normalized spacial score (nSPS) is 12.2. The molecule has 1 amide bonds. The van der Waals surface area contributed by atoms with Gasteiger partial charge >= 0.3 is 0 Å². The van der Waals surface area contributed by atoms with Gasteiger partial charge in [0, 0.05) is 12.2 Å². The first-order valence-electron chi connectivity index (χ1n) is 6.29. The first-order chi connectivity index (χ1) is 8.49. The van der Waals surface area contributed by atoms with E-state index < -0.39 is 6.10 Å². The third-order valence-electron chi connectivity index (χ3n) is 2.58. The van der Waals surface area contributed by atoms with Gasteiger partial charge in [-0.3, -0.25) is 4.79 Å². The van der Waals surface area contributed by atoms with Crippen molar-refractivity contribution in [1.82, 2.24) is 5.32 Å². The molecule has 1 aromatic carbocycles. The van der Waals surface area contributed by atoms with E-state index in [1.165, 1.54) is 0 Å². The molecule has 0 saturated heterocycles. The molecule has 1 unspecified atom stereocenters. The fourth-order valence-electron chi connectivity index (χ4n) is 1.43. The second-order valence-corrected chi connectivity index (χ2v) is 4.80. The molecule has 0 heterocycles. The van der Waals surface area contributed by atoms with Crippen LogP contribution in [0.4, 0.5) is 5.69 Å². The van der Waals surface area contributed by atoms with Gasteiger partial charge in [-0.05, 0) is 43.5 Å². The van der Waals surface area contributed by atoms with Crippen LogP contribution in [0, 0.1) is 5.92 Å². The molecule has 0 aromatic heterocycles. The first-order valence-corrected chi connectivity index (χ1v) is 6.29. The minimum atomic E-state index is -0.499. The Morgan fingerprint density at radius 2 is 1.89 bits per heavy atom. The second-order valence-electron chi connectivity index (χ2n) is 4.80. The fourth-order valence-corrected chi connectivity index (χ4v) is 1.43. The lowest BCUT2D eigenvalue weighted by atomic mass is 10.1. The molecule has 0 saturated carbocycles. The summed E-state index contributed by atoms with van der Waals surface area (Å²) < 4.78 is 5.52. The van der Waals surface area contributed by atoms with Gasteiger partial charge in [0.1, 0.15) is 5.75 Å². The third kappa shape index (κ3) is 5.08. The number of benzene rings is 1. The Bertz CT molecular complexity index is 374. The van der Waals surface area contributed by atoms with Crippen LogP contribution in [0.5, 0.6) is 5.75 Å². The molecule has 1 aromatic rings. The first kappa shape index (κ1) is 14.4. The number of nitrogens with two attached hydrogens (primary N) is 1. The minimum absolute atomic E-state index is 0.0903. The highest BCUT2D eigenvalue weighted by Crippen LogP contribution is 2.14. The van der Waals surface area contributed by atoms with Crippen LogP contribution in [0.25, 0.3) is 0 Å². The number of hydrogen-bond donors (Lipinski definition) is 2. The quantitative estimate of drug-likeness (QED) is 0.761. The van der Waals surface area contributed by atoms with Crippen molar-refractivity contribution < 1.29 is 9.53 Å². The highest BCUT2D eigenvalue weighted by atomic mass is 16.5. The number of amides is 1. The summed E-state index contributed by atoms with van der Waals surface area (Å²) >= 11 is 0. The van der Waals surface area contributed by atoms with Crippen LogP contribution >= 0.6 is 0 Å². The lowest BCUT2D eigenvalue weighted by molar-refractivity contribution is -0.127. The monoisotopic (exact) mass is 250 g/mol. The Morgan fingerprint density at radius 1 is 1.28 bits per heavy atom. The summed E-state index contributed by atoms with van der Waals surface area (Å²) in [6.45, 7) is 6.67. The number of rotatable bonds is 6. The lowest BCUT2D eigenvalue weighted by Gasteiger charge is -2.15. The molecular weight excluding hydrogens is 228 g/mol. The van der Waals surface area contributed by atoms with Crippen molar-refractivity contribution in [3.63, 3.8) is 0 Å². The van der Waals surface area contributed by atoms with Crippen LogP contribution in [-0.2, 0) is 4.79 Å². The molecule has 1 rings (SSSR count). The molecule has 3 N–H and O–H groups in total. The van der Waals surface area contributed by atoms with E-state index >= 15 is 0 Å². The Hall–Kier alpha value is -1.71. The van der Waals surface area contributed by atoms with Crippen molar-refractivity contribution >= 4 is 11.6 Å². The molecule has 4 heteroatoms. The molecule has 0 aliphatic rings. The summed E-state index contributed by atoms with van der Waals surface area (Å²) in [5, 5.41) is 2.86. The van der Waals surface area contributed by atoms with E-state index in [0.29, 0.717) is 23.9 Å². The van der Waals surface area contributed by atoms with Crippen LogP contribution in [-0.4, -0.2) is 18.6 Å². The van der Waals surface area contributed by atoms with Crippen molar-refractivity contribution in [2.45, 2.75) is 33.3 Å². The van der Waals surface area contributed by atoms with Crippen LogP contribution in [0.3, 0.4) is 0 Å². The number of hydrogen-bond acceptors (Lipinski definition) is 3. The van der Waals surface area contributed by atoms with Crippen molar-refractivity contribution in [2.75, 3.05) is 12.3 Å². The van der Waals surface area contributed by atoms with Crippen molar-refractivity contribution in [3.8, 4) is 5.75 Å². The predicted octanol–water partition coefficient (Wildman–Crippen LogP) is 2.20. The molecule has 0 aliphatic carbocycles. The Labute approximate surface area is 109 Å². The molecule has 100 valence electrons. The van der Waals surface area contributed by atoms with E-state index in [2.05, 4.69) is 19.2 Å². The fraction of sp³-hybridized carbons (Fsp3) is 0.500. The number of nitrogens with one attached hydrogen (secondary N) is 1. The van der Waals surface area contributed by atoms with Gasteiger partial charge in [0.25, 0.3) is 5.91 Å². The number of ether oxygens (including phenoxy) is 1. The summed E-state index contributed by atoms with van der Waals surface area (Å²) in [5.41, 5.74) is 6.25. The molecule has 18 heavy (non-hydrogen) atoms. The smallest absolute Gasteiger partial charge is 0.260 e. The largest absolute Gasteiger partial charge is 0.481 e. The van der Waals surface area contributed by atoms with Crippen LogP contribution in [0.1, 0.15) is 27.2 Å². The standard InChI is InChI=1S/C14H22N2O2/c1-10(2)8-9-16-14(17)11(3)18-13-6-4-12(15)5-7-13/h4-7,10-11H,8-9,15H2,1-3H3,(H,16,17). The molecule has 4 nitrogen and oxygen atoms in total. The van der Waals surface area contributed by atoms with E-state index in [1.807, 2.05) is 0 Å². The van der Waals surface area contributed by atoms with Crippen molar-refractivity contribution in [2.24, 2.45) is 5.92 Å². The Balaban J connectivity index is 2.37. The molecule has 0 aliphatic heterocycles. The van der Waals surface area contributed by atoms with E-state index in [-0.39, 0.29) is 5.91 Å². The van der Waals surface area contributed by atoms with Gasteiger partial charge in [0.15, 0.2) is 6.10 Å². The van der Waals surface area contributed by atoms with Crippen LogP contribution < -0.4 is 15.8 Å². The van der Waals surface area contributed by atoms with Gasteiger partial charge in [-0.25, -0.2) is 0 Å². The Kier molecular flexibility index (Phi) is 5.49. The zero-order valence-electron chi connectivity index (χ0n) is 11.3. The number of carbonyl (C=O) groups is 1. The summed E-state index contributed by atoms with van der Waals surface area (Å²) in [6, 6.07) is 7.01. The van der Waals surface area contributed by atoms with Gasteiger partial charge in [0.2, 0.25) is 0 Å². The maximum absolute atomic E-state index is 11.7. The number of nitrogen functional groups attached to an aromatic ring is 1. The van der Waals surface area contributed by atoms with Gasteiger partial charge in [-0.15, -0.1) is 0 Å². The van der Waals surface area contributed by atoms with E-state index in [9.17, 15) is 4.79 Å². The molecule has 0 bridgehead atoms. The van der Waals surface area contributed by atoms with Gasteiger partial charge in [-0.1, -0.05) is 13.8 Å². The van der Waals surface area contributed by atoms with Crippen molar-refractivity contribution in [1.29, 1.82) is 0 Å². The molecular formula is C14H22N2O2. The maximum atomic E-state index is 11.7. The van der Waals surface area contributed by atoms with E-state index in [4.69, 9.17) is 10.5 Å². The highest BCUT2D eigenvalue weighted by molar-refractivity contribution is 5.80. The zero-order valence-corrected chi connectivity index (χ0v) is 11.3.